The zero-order valence-corrected chi connectivity index (χ0v) is 16.5. The smallest absolute Gasteiger partial charge is 0.137 e. The molecular weight excluding hydrogens is 346 g/mol. The van der Waals surface area contributed by atoms with Crippen molar-refractivity contribution in [1.82, 2.24) is 9.97 Å². The molecule has 1 aromatic carbocycles. The van der Waals surface area contributed by atoms with Gasteiger partial charge in [-0.1, -0.05) is 31.4 Å². The van der Waals surface area contributed by atoms with Crippen LogP contribution >= 0.6 is 0 Å². The Hall–Kier alpha value is -2.33. The van der Waals surface area contributed by atoms with E-state index >= 15 is 0 Å². The lowest BCUT2D eigenvalue weighted by atomic mass is 9.70. The van der Waals surface area contributed by atoms with Gasteiger partial charge in [-0.2, -0.15) is 0 Å². The highest BCUT2D eigenvalue weighted by atomic mass is 16.5. The van der Waals surface area contributed by atoms with Crippen LogP contribution in [-0.4, -0.2) is 29.7 Å². The quantitative estimate of drug-likeness (QED) is 0.644. The third-order valence-electron chi connectivity index (χ3n) is 6.68. The molecule has 4 nitrogen and oxygen atoms in total. The van der Waals surface area contributed by atoms with Gasteiger partial charge >= 0.3 is 0 Å². The number of nitrogens with zero attached hydrogens (tertiary/aromatic N) is 2. The molecule has 1 aliphatic heterocycles. The van der Waals surface area contributed by atoms with Gasteiger partial charge in [0.15, 0.2) is 0 Å². The topological polar surface area (TPSA) is 41.1 Å². The van der Waals surface area contributed by atoms with Crippen molar-refractivity contribution in [3.8, 4) is 0 Å². The fourth-order valence-corrected chi connectivity index (χ4v) is 4.83. The summed E-state index contributed by atoms with van der Waals surface area (Å²) in [6.07, 6.45) is 11.6. The van der Waals surface area contributed by atoms with Crippen LogP contribution in [0.1, 0.15) is 49.7 Å². The van der Waals surface area contributed by atoms with Gasteiger partial charge in [0.2, 0.25) is 0 Å². The number of fused-ring (bicyclic) bond motifs is 1. The zero-order valence-electron chi connectivity index (χ0n) is 16.5. The van der Waals surface area contributed by atoms with E-state index in [0.717, 1.165) is 12.3 Å². The Morgan fingerprint density at radius 1 is 1.00 bits per heavy atom. The van der Waals surface area contributed by atoms with Gasteiger partial charge in [0.1, 0.15) is 5.65 Å². The van der Waals surface area contributed by atoms with Crippen molar-refractivity contribution >= 4 is 16.7 Å². The number of aromatic amines is 1. The number of benzene rings is 1. The minimum Gasteiger partial charge on any atom is -0.376 e. The van der Waals surface area contributed by atoms with Crippen molar-refractivity contribution in [2.75, 3.05) is 24.6 Å². The first-order valence-corrected chi connectivity index (χ1v) is 10.7. The Morgan fingerprint density at radius 3 is 2.57 bits per heavy atom. The molecule has 0 atom stereocenters. The van der Waals surface area contributed by atoms with Crippen LogP contribution in [0.25, 0.3) is 11.0 Å². The number of hydrogen-bond acceptors (Lipinski definition) is 3. The summed E-state index contributed by atoms with van der Waals surface area (Å²) >= 11 is 0. The largest absolute Gasteiger partial charge is 0.376 e. The lowest BCUT2D eigenvalue weighted by Gasteiger charge is -2.38. The number of ether oxygens (including phenoxy) is 1. The molecule has 0 unspecified atom stereocenters. The van der Waals surface area contributed by atoms with E-state index in [1.807, 2.05) is 18.5 Å². The Kier molecular flexibility index (Phi) is 4.81. The molecule has 0 bridgehead atoms. The number of hydrogen-bond donors (Lipinski definition) is 1. The van der Waals surface area contributed by atoms with Gasteiger partial charge in [0.05, 0.1) is 13.2 Å². The maximum atomic E-state index is 6.34. The molecule has 1 saturated heterocycles. The van der Waals surface area contributed by atoms with Crippen LogP contribution < -0.4 is 4.90 Å². The molecule has 146 valence electrons. The highest BCUT2D eigenvalue weighted by molar-refractivity contribution is 5.79. The molecule has 3 aromatic rings. The van der Waals surface area contributed by atoms with E-state index in [9.17, 15) is 0 Å². The average Bonchev–Trinajstić information content (AvgIpc) is 3.11. The van der Waals surface area contributed by atoms with Crippen LogP contribution in [0, 0.1) is 0 Å². The second-order valence-corrected chi connectivity index (χ2v) is 8.43. The summed E-state index contributed by atoms with van der Waals surface area (Å²) in [4.78, 5) is 10.1. The normalized spacial score (nSPS) is 18.9. The molecule has 2 aliphatic rings. The second kappa shape index (κ2) is 7.59. The van der Waals surface area contributed by atoms with Crippen molar-refractivity contribution in [1.29, 1.82) is 0 Å². The highest BCUT2D eigenvalue weighted by Gasteiger charge is 2.34. The van der Waals surface area contributed by atoms with Gasteiger partial charge in [0.25, 0.3) is 0 Å². The maximum Gasteiger partial charge on any atom is 0.137 e. The van der Waals surface area contributed by atoms with E-state index in [2.05, 4.69) is 45.2 Å². The monoisotopic (exact) mass is 375 g/mol. The van der Waals surface area contributed by atoms with Crippen molar-refractivity contribution in [3.05, 3.63) is 59.9 Å². The van der Waals surface area contributed by atoms with Crippen molar-refractivity contribution in [2.45, 2.75) is 50.5 Å². The Bertz CT molecular complexity index is 920. The third kappa shape index (κ3) is 3.30. The van der Waals surface area contributed by atoms with Crippen LogP contribution in [0.15, 0.2) is 48.8 Å². The molecular formula is C24H29N3O. The summed E-state index contributed by atoms with van der Waals surface area (Å²) in [5.41, 5.74) is 5.12. The molecule has 1 N–H and O–H groups in total. The van der Waals surface area contributed by atoms with Crippen LogP contribution in [0.4, 0.5) is 5.69 Å². The lowest BCUT2D eigenvalue weighted by Crippen LogP contribution is -2.37. The second-order valence-electron chi connectivity index (χ2n) is 8.43. The third-order valence-corrected chi connectivity index (χ3v) is 6.68. The summed E-state index contributed by atoms with van der Waals surface area (Å²) < 4.78 is 6.34. The number of pyridine rings is 1. The standard InChI is InChI=1S/C24H29N3O/c1-2-11-24(12-3-1,20-7-9-21(10-8-20)27-14-5-15-27)18-28-17-19-16-26-23-22(19)6-4-13-25-23/h4,6-10,13,16H,1-3,5,11-12,14-15,17-18H2,(H,25,26). The number of anilines is 1. The first-order valence-electron chi connectivity index (χ1n) is 10.7. The Balaban J connectivity index is 1.31. The lowest BCUT2D eigenvalue weighted by molar-refractivity contribution is 0.0541. The summed E-state index contributed by atoms with van der Waals surface area (Å²) in [5.74, 6) is 0. The van der Waals surface area contributed by atoms with Gasteiger partial charge in [-0.3, -0.25) is 0 Å². The molecule has 4 heteroatoms. The van der Waals surface area contributed by atoms with Crippen LogP contribution in [0.5, 0.6) is 0 Å². The summed E-state index contributed by atoms with van der Waals surface area (Å²) in [6.45, 7) is 3.84. The predicted octanol–water partition coefficient (Wildman–Crippen LogP) is 5.19. The predicted molar refractivity (Wildman–Crippen MR) is 114 cm³/mol. The number of H-pyrrole nitrogens is 1. The fraction of sp³-hybridized carbons (Fsp3) is 0.458. The molecule has 0 amide bonds. The van der Waals surface area contributed by atoms with E-state index in [4.69, 9.17) is 4.74 Å². The van der Waals surface area contributed by atoms with Crippen LogP contribution in [0.3, 0.4) is 0 Å². The van der Waals surface area contributed by atoms with E-state index in [0.29, 0.717) is 6.61 Å². The first-order chi connectivity index (χ1) is 13.8. The minimum atomic E-state index is 0.163. The average molecular weight is 376 g/mol. The van der Waals surface area contributed by atoms with E-state index in [-0.39, 0.29) is 5.41 Å². The Labute approximate surface area is 166 Å². The molecule has 0 spiro atoms. The van der Waals surface area contributed by atoms with Crippen molar-refractivity contribution in [3.63, 3.8) is 0 Å². The maximum absolute atomic E-state index is 6.34. The first kappa shape index (κ1) is 17.7. The van der Waals surface area contributed by atoms with Crippen molar-refractivity contribution < 1.29 is 4.74 Å². The summed E-state index contributed by atoms with van der Waals surface area (Å²) in [7, 11) is 0. The molecule has 5 rings (SSSR count). The molecule has 1 aliphatic carbocycles. The van der Waals surface area contributed by atoms with Gasteiger partial charge in [-0.25, -0.2) is 4.98 Å². The van der Waals surface area contributed by atoms with Gasteiger partial charge in [0, 0.05) is 47.5 Å². The molecule has 3 heterocycles. The van der Waals surface area contributed by atoms with Gasteiger partial charge < -0.3 is 14.6 Å². The molecule has 28 heavy (non-hydrogen) atoms. The van der Waals surface area contributed by atoms with E-state index in [1.54, 1.807) is 0 Å². The van der Waals surface area contributed by atoms with E-state index < -0.39 is 0 Å². The van der Waals surface area contributed by atoms with Gasteiger partial charge in [-0.15, -0.1) is 0 Å². The van der Waals surface area contributed by atoms with E-state index in [1.165, 1.54) is 73.8 Å². The fourth-order valence-electron chi connectivity index (χ4n) is 4.83. The van der Waals surface area contributed by atoms with Crippen LogP contribution in [0.2, 0.25) is 0 Å². The molecule has 0 radical (unpaired) electrons. The number of rotatable bonds is 6. The molecule has 2 fully saturated rings. The molecule has 1 saturated carbocycles. The zero-order chi connectivity index (χ0) is 18.8. The van der Waals surface area contributed by atoms with Crippen LogP contribution in [-0.2, 0) is 16.8 Å². The molecule has 2 aromatic heterocycles. The summed E-state index contributed by atoms with van der Waals surface area (Å²) in [6, 6.07) is 13.5. The van der Waals surface area contributed by atoms with Crippen molar-refractivity contribution in [2.24, 2.45) is 0 Å². The Morgan fingerprint density at radius 2 is 1.82 bits per heavy atom. The van der Waals surface area contributed by atoms with Gasteiger partial charge in [-0.05, 0) is 49.1 Å². The minimum absolute atomic E-state index is 0.163. The number of nitrogens with one attached hydrogen (secondary N) is 1. The highest BCUT2D eigenvalue weighted by Crippen LogP contribution is 2.40. The summed E-state index contributed by atoms with van der Waals surface area (Å²) in [5, 5.41) is 1.17. The SMILES string of the molecule is c1cnc2[nH]cc(COCC3(c4ccc(N5CCC5)cc4)CCCCC3)c2c1. The number of aromatic nitrogens is 2.